The molecule has 4 rings (SSSR count). The second kappa shape index (κ2) is 8.49. The Bertz CT molecular complexity index is 998. The van der Waals surface area contributed by atoms with Crippen LogP contribution in [-0.2, 0) is 11.3 Å². The molecule has 0 aliphatic carbocycles. The van der Waals surface area contributed by atoms with E-state index in [4.69, 9.17) is 9.47 Å². The van der Waals surface area contributed by atoms with Crippen molar-refractivity contribution in [1.82, 2.24) is 9.88 Å². The van der Waals surface area contributed by atoms with Crippen molar-refractivity contribution in [2.24, 2.45) is 0 Å². The summed E-state index contributed by atoms with van der Waals surface area (Å²) in [6.07, 6.45) is 0. The van der Waals surface area contributed by atoms with E-state index in [1.807, 2.05) is 24.3 Å². The van der Waals surface area contributed by atoms with Crippen LogP contribution in [0.2, 0.25) is 0 Å². The van der Waals surface area contributed by atoms with E-state index in [1.54, 1.807) is 25.1 Å². The van der Waals surface area contributed by atoms with E-state index in [0.717, 1.165) is 48.5 Å². The number of fused-ring (bicyclic) bond motifs is 1. The highest BCUT2D eigenvalue weighted by atomic mass is 16.5. The number of amides is 1. The molecule has 1 aliphatic rings. The molecular formula is C23H25N3O3. The number of nitrogens with zero attached hydrogens (tertiary/aromatic N) is 3. The molecule has 6 heteroatoms. The van der Waals surface area contributed by atoms with E-state index < -0.39 is 0 Å². The van der Waals surface area contributed by atoms with Crippen molar-refractivity contribution in [2.45, 2.75) is 6.54 Å². The number of anilines is 1. The van der Waals surface area contributed by atoms with Crippen molar-refractivity contribution < 1.29 is 14.3 Å². The maximum absolute atomic E-state index is 12.8. The van der Waals surface area contributed by atoms with E-state index in [-0.39, 0.29) is 5.91 Å². The molecule has 0 radical (unpaired) electrons. The van der Waals surface area contributed by atoms with Crippen molar-refractivity contribution in [2.75, 3.05) is 45.4 Å². The zero-order chi connectivity index (χ0) is 20.2. The molecule has 2 heterocycles. The Morgan fingerprint density at radius 2 is 1.86 bits per heavy atom. The van der Waals surface area contributed by atoms with Crippen molar-refractivity contribution in [3.05, 3.63) is 65.9 Å². The summed E-state index contributed by atoms with van der Waals surface area (Å²) in [5, 5.41) is 0.947. The Kier molecular flexibility index (Phi) is 5.62. The second-order valence-electron chi connectivity index (χ2n) is 7.18. The third kappa shape index (κ3) is 4.32. The van der Waals surface area contributed by atoms with Crippen LogP contribution >= 0.6 is 0 Å². The van der Waals surface area contributed by atoms with Gasteiger partial charge in [-0.1, -0.05) is 18.2 Å². The fraction of sp³-hybridized carbons (Fsp3) is 0.304. The summed E-state index contributed by atoms with van der Waals surface area (Å²) >= 11 is 0. The van der Waals surface area contributed by atoms with Gasteiger partial charge in [-0.05, 0) is 42.0 Å². The lowest BCUT2D eigenvalue weighted by Crippen LogP contribution is -2.36. The zero-order valence-electron chi connectivity index (χ0n) is 16.8. The van der Waals surface area contributed by atoms with Crippen LogP contribution in [0, 0.1) is 0 Å². The highest BCUT2D eigenvalue weighted by Crippen LogP contribution is 2.21. The average molecular weight is 391 g/mol. The molecule has 1 aromatic heterocycles. The first-order chi connectivity index (χ1) is 14.1. The predicted octanol–water partition coefficient (Wildman–Crippen LogP) is 3.35. The molecular weight excluding hydrogens is 366 g/mol. The highest BCUT2D eigenvalue weighted by Gasteiger charge is 2.15. The minimum Gasteiger partial charge on any atom is -0.497 e. The van der Waals surface area contributed by atoms with Gasteiger partial charge < -0.3 is 19.3 Å². The van der Waals surface area contributed by atoms with Gasteiger partial charge in [0.25, 0.3) is 5.91 Å². The number of pyridine rings is 1. The molecule has 29 heavy (non-hydrogen) atoms. The molecule has 0 N–H and O–H groups in total. The fourth-order valence-corrected chi connectivity index (χ4v) is 3.52. The molecule has 1 saturated heterocycles. The van der Waals surface area contributed by atoms with Crippen LogP contribution in [0.1, 0.15) is 16.1 Å². The van der Waals surface area contributed by atoms with Gasteiger partial charge in [-0.15, -0.1) is 0 Å². The largest absolute Gasteiger partial charge is 0.497 e. The fourth-order valence-electron chi connectivity index (χ4n) is 3.52. The zero-order valence-corrected chi connectivity index (χ0v) is 16.8. The summed E-state index contributed by atoms with van der Waals surface area (Å²) in [5.74, 6) is 0.677. The van der Waals surface area contributed by atoms with Crippen molar-refractivity contribution >= 4 is 22.5 Å². The Morgan fingerprint density at radius 1 is 1.10 bits per heavy atom. The summed E-state index contributed by atoms with van der Waals surface area (Å²) in [5.41, 5.74) is 3.50. The Balaban J connectivity index is 1.44. The van der Waals surface area contributed by atoms with Crippen LogP contribution in [0.15, 0.2) is 54.6 Å². The third-order valence-electron chi connectivity index (χ3n) is 5.19. The lowest BCUT2D eigenvalue weighted by molar-refractivity contribution is 0.0779. The van der Waals surface area contributed by atoms with Gasteiger partial charge in [-0.2, -0.15) is 0 Å². The number of carbonyl (C=O) groups is 1. The summed E-state index contributed by atoms with van der Waals surface area (Å²) in [7, 11) is 3.44. The second-order valence-corrected chi connectivity index (χ2v) is 7.18. The smallest absolute Gasteiger partial charge is 0.272 e. The molecule has 0 spiro atoms. The van der Waals surface area contributed by atoms with Crippen molar-refractivity contribution in [3.8, 4) is 5.75 Å². The van der Waals surface area contributed by atoms with Gasteiger partial charge in [0.05, 0.1) is 25.8 Å². The van der Waals surface area contributed by atoms with Crippen LogP contribution in [0.25, 0.3) is 10.9 Å². The molecule has 3 aromatic rings. The molecule has 150 valence electrons. The van der Waals surface area contributed by atoms with Gasteiger partial charge in [0, 0.05) is 37.8 Å². The Labute approximate surface area is 170 Å². The summed E-state index contributed by atoms with van der Waals surface area (Å²) in [6, 6.07) is 17.7. The molecule has 1 amide bonds. The van der Waals surface area contributed by atoms with Crippen LogP contribution in [0.5, 0.6) is 5.75 Å². The lowest BCUT2D eigenvalue weighted by atomic mass is 10.1. The van der Waals surface area contributed by atoms with Gasteiger partial charge in [0.15, 0.2) is 0 Å². The summed E-state index contributed by atoms with van der Waals surface area (Å²) < 4.78 is 10.6. The number of morpholine rings is 1. The molecule has 1 aliphatic heterocycles. The summed E-state index contributed by atoms with van der Waals surface area (Å²) in [4.78, 5) is 21.4. The Hall–Kier alpha value is -3.12. The van der Waals surface area contributed by atoms with Gasteiger partial charge in [-0.3, -0.25) is 4.79 Å². The van der Waals surface area contributed by atoms with E-state index in [1.165, 1.54) is 5.69 Å². The van der Waals surface area contributed by atoms with Crippen molar-refractivity contribution in [3.63, 3.8) is 0 Å². The monoisotopic (exact) mass is 391 g/mol. The van der Waals surface area contributed by atoms with Crippen LogP contribution < -0.4 is 9.64 Å². The quantitative estimate of drug-likeness (QED) is 0.668. The van der Waals surface area contributed by atoms with Crippen molar-refractivity contribution in [1.29, 1.82) is 0 Å². The number of aromatic nitrogens is 1. The van der Waals surface area contributed by atoms with E-state index in [0.29, 0.717) is 12.2 Å². The van der Waals surface area contributed by atoms with Gasteiger partial charge in [0.2, 0.25) is 0 Å². The standard InChI is InChI=1S/C23H25N3O3/c1-25(16-17-3-6-19(7-4-17)26-11-13-29-14-12-26)23(27)22-9-5-18-15-20(28-2)8-10-21(18)24-22/h3-10,15H,11-14,16H2,1-2H3. The molecule has 0 saturated carbocycles. The minimum atomic E-state index is -0.0972. The number of hydrogen-bond acceptors (Lipinski definition) is 5. The first-order valence-corrected chi connectivity index (χ1v) is 9.76. The number of benzene rings is 2. The van der Waals surface area contributed by atoms with Crippen LogP contribution in [-0.4, -0.2) is 56.3 Å². The molecule has 0 unspecified atom stereocenters. The predicted molar refractivity (Wildman–Crippen MR) is 114 cm³/mol. The third-order valence-corrected chi connectivity index (χ3v) is 5.19. The molecule has 6 nitrogen and oxygen atoms in total. The SMILES string of the molecule is COc1ccc2nc(C(=O)N(C)Cc3ccc(N4CCOCC4)cc3)ccc2c1. The summed E-state index contributed by atoms with van der Waals surface area (Å²) in [6.45, 7) is 3.90. The van der Waals surface area contributed by atoms with Crippen LogP contribution in [0.4, 0.5) is 5.69 Å². The first kappa shape index (κ1) is 19.2. The minimum absolute atomic E-state index is 0.0972. The topological polar surface area (TPSA) is 54.9 Å². The number of ether oxygens (including phenoxy) is 2. The normalized spacial score (nSPS) is 14.1. The molecule has 0 atom stereocenters. The lowest BCUT2D eigenvalue weighted by Gasteiger charge is -2.29. The van der Waals surface area contributed by atoms with Gasteiger partial charge >= 0.3 is 0 Å². The van der Waals surface area contributed by atoms with E-state index in [9.17, 15) is 4.79 Å². The number of hydrogen-bond donors (Lipinski definition) is 0. The molecule has 2 aromatic carbocycles. The number of methoxy groups -OCH3 is 1. The van der Waals surface area contributed by atoms with E-state index in [2.05, 4.69) is 34.1 Å². The maximum atomic E-state index is 12.8. The highest BCUT2D eigenvalue weighted by molar-refractivity contribution is 5.94. The number of rotatable bonds is 5. The molecule has 1 fully saturated rings. The number of carbonyl (C=O) groups excluding carboxylic acids is 1. The maximum Gasteiger partial charge on any atom is 0.272 e. The average Bonchev–Trinajstić information content (AvgIpc) is 2.79. The van der Waals surface area contributed by atoms with Gasteiger partial charge in [-0.25, -0.2) is 4.98 Å². The molecule has 0 bridgehead atoms. The van der Waals surface area contributed by atoms with Gasteiger partial charge in [0.1, 0.15) is 11.4 Å². The Morgan fingerprint density at radius 3 is 2.59 bits per heavy atom. The van der Waals surface area contributed by atoms with Crippen LogP contribution in [0.3, 0.4) is 0 Å². The first-order valence-electron chi connectivity index (χ1n) is 9.76. The van der Waals surface area contributed by atoms with E-state index >= 15 is 0 Å².